The third-order valence-corrected chi connectivity index (χ3v) is 6.37. The minimum Gasteiger partial charge on any atom is -0.336 e. The van der Waals surface area contributed by atoms with Crippen molar-refractivity contribution in [3.05, 3.63) is 29.8 Å². The number of rotatable bonds is 5. The van der Waals surface area contributed by atoms with Crippen LogP contribution in [0.15, 0.2) is 29.2 Å². The highest BCUT2D eigenvalue weighted by Gasteiger charge is 2.36. The summed E-state index contributed by atoms with van der Waals surface area (Å²) in [6.45, 7) is 0.0638. The summed E-state index contributed by atoms with van der Waals surface area (Å²) in [4.78, 5) is 24.2. The van der Waals surface area contributed by atoms with E-state index in [1.807, 2.05) is 0 Å². The van der Waals surface area contributed by atoms with Crippen LogP contribution in [0.2, 0.25) is 0 Å². The van der Waals surface area contributed by atoms with Gasteiger partial charge in [0.2, 0.25) is 15.9 Å². The number of sulfonamides is 1. The van der Waals surface area contributed by atoms with Gasteiger partial charge in [-0.15, -0.1) is 0 Å². The van der Waals surface area contributed by atoms with E-state index in [0.29, 0.717) is 4.90 Å². The maximum Gasteiger partial charge on any atom is 0.406 e. The number of amides is 1. The van der Waals surface area contributed by atoms with E-state index >= 15 is 0 Å². The number of hydrogen-bond donors (Lipinski definition) is 0. The highest BCUT2D eigenvalue weighted by atomic mass is 32.2. The quantitative estimate of drug-likeness (QED) is 0.704. The Morgan fingerprint density at radius 3 is 2.33 bits per heavy atom. The zero-order chi connectivity index (χ0) is 20.4. The molecule has 0 aliphatic carbocycles. The van der Waals surface area contributed by atoms with Gasteiger partial charge in [0, 0.05) is 31.6 Å². The van der Waals surface area contributed by atoms with E-state index in [9.17, 15) is 31.2 Å². The Bertz CT molecular complexity index is 816. The normalized spacial score (nSPS) is 16.9. The van der Waals surface area contributed by atoms with Gasteiger partial charge in [-0.1, -0.05) is 12.1 Å². The Balaban J connectivity index is 2.05. The summed E-state index contributed by atoms with van der Waals surface area (Å²) in [5.74, 6) is -1.54. The molecule has 0 radical (unpaired) electrons. The second-order valence-corrected chi connectivity index (χ2v) is 8.51. The third-order valence-electron chi connectivity index (χ3n) is 4.47. The minimum absolute atomic E-state index is 0.0193. The van der Waals surface area contributed by atoms with Gasteiger partial charge in [-0.05, 0) is 31.9 Å². The standard InChI is InChI=1S/C17H21F3N2O4S/c1-12(23)14-4-3-5-15(10-14)27(25,26)22-8-6-13(7-9-22)16(24)21(2)11-17(18,19)20/h3-5,10,13H,6-9,11H2,1-2H3. The van der Waals surface area contributed by atoms with Crippen LogP contribution in [0.3, 0.4) is 0 Å². The Hall–Kier alpha value is -1.94. The van der Waals surface area contributed by atoms with E-state index in [1.165, 1.54) is 35.5 Å². The van der Waals surface area contributed by atoms with Crippen molar-refractivity contribution in [3.63, 3.8) is 0 Å². The van der Waals surface area contributed by atoms with E-state index in [4.69, 9.17) is 0 Å². The predicted octanol–water partition coefficient (Wildman–Crippen LogP) is 2.31. The number of Topliss-reactive ketones (excluding diaryl/α,β-unsaturated/α-hetero) is 1. The first kappa shape index (κ1) is 21.4. The topological polar surface area (TPSA) is 74.8 Å². The lowest BCUT2D eigenvalue weighted by Gasteiger charge is -2.32. The highest BCUT2D eigenvalue weighted by molar-refractivity contribution is 7.89. The molecule has 1 aliphatic heterocycles. The van der Waals surface area contributed by atoms with Crippen molar-refractivity contribution in [3.8, 4) is 0 Å². The number of piperidine rings is 1. The van der Waals surface area contributed by atoms with Crippen LogP contribution in [0.5, 0.6) is 0 Å². The van der Waals surface area contributed by atoms with E-state index in [0.717, 1.165) is 7.05 Å². The van der Waals surface area contributed by atoms with Crippen LogP contribution in [0.4, 0.5) is 13.2 Å². The summed E-state index contributed by atoms with van der Waals surface area (Å²) in [5, 5.41) is 0. The molecule has 0 aromatic heterocycles. The fourth-order valence-corrected chi connectivity index (χ4v) is 4.54. The van der Waals surface area contributed by atoms with Gasteiger partial charge in [0.15, 0.2) is 5.78 Å². The number of ketones is 1. The Morgan fingerprint density at radius 1 is 1.22 bits per heavy atom. The molecule has 1 amide bonds. The van der Waals surface area contributed by atoms with Crippen molar-refractivity contribution in [1.82, 2.24) is 9.21 Å². The molecule has 1 aromatic rings. The molecular formula is C17H21F3N2O4S. The fourth-order valence-electron chi connectivity index (χ4n) is 3.03. The Morgan fingerprint density at radius 2 is 1.81 bits per heavy atom. The van der Waals surface area contributed by atoms with Crippen LogP contribution in [0.1, 0.15) is 30.1 Å². The molecule has 1 aliphatic rings. The molecule has 150 valence electrons. The average Bonchev–Trinajstić information content (AvgIpc) is 2.59. The van der Waals surface area contributed by atoms with Crippen LogP contribution in [0.25, 0.3) is 0 Å². The number of carbonyl (C=O) groups excluding carboxylic acids is 2. The first-order valence-corrected chi connectivity index (χ1v) is 9.78. The van der Waals surface area contributed by atoms with Crippen LogP contribution >= 0.6 is 0 Å². The van der Waals surface area contributed by atoms with Crippen LogP contribution in [0, 0.1) is 5.92 Å². The third kappa shape index (κ3) is 5.29. The zero-order valence-electron chi connectivity index (χ0n) is 15.0. The highest BCUT2D eigenvalue weighted by Crippen LogP contribution is 2.26. The molecule has 1 heterocycles. The summed E-state index contributed by atoms with van der Waals surface area (Å²) in [6.07, 6.45) is -4.19. The maximum absolute atomic E-state index is 12.7. The number of halogens is 3. The molecule has 0 unspecified atom stereocenters. The summed E-state index contributed by atoms with van der Waals surface area (Å²) >= 11 is 0. The van der Waals surface area contributed by atoms with Crippen molar-refractivity contribution >= 4 is 21.7 Å². The number of benzene rings is 1. The van der Waals surface area contributed by atoms with E-state index in [-0.39, 0.29) is 42.2 Å². The van der Waals surface area contributed by atoms with Crippen LogP contribution in [-0.4, -0.2) is 62.2 Å². The number of alkyl halides is 3. The van der Waals surface area contributed by atoms with E-state index in [2.05, 4.69) is 0 Å². The Labute approximate surface area is 156 Å². The molecule has 27 heavy (non-hydrogen) atoms. The van der Waals surface area contributed by atoms with E-state index in [1.54, 1.807) is 0 Å². The van der Waals surface area contributed by atoms with Gasteiger partial charge < -0.3 is 4.90 Å². The van der Waals surface area contributed by atoms with Gasteiger partial charge in [0.1, 0.15) is 6.54 Å². The first-order valence-electron chi connectivity index (χ1n) is 8.34. The lowest BCUT2D eigenvalue weighted by molar-refractivity contribution is -0.161. The minimum atomic E-state index is -4.48. The molecule has 10 heteroatoms. The largest absolute Gasteiger partial charge is 0.406 e. The molecule has 1 saturated heterocycles. The van der Waals surface area contributed by atoms with Crippen LogP contribution < -0.4 is 0 Å². The molecule has 1 aromatic carbocycles. The SMILES string of the molecule is CC(=O)c1cccc(S(=O)(=O)N2CCC(C(=O)N(C)CC(F)(F)F)CC2)c1. The monoisotopic (exact) mass is 406 g/mol. The summed E-state index contributed by atoms with van der Waals surface area (Å²) < 4.78 is 63.9. The fraction of sp³-hybridized carbons (Fsp3) is 0.529. The van der Waals surface area contributed by atoms with Gasteiger partial charge >= 0.3 is 6.18 Å². The van der Waals surface area contributed by atoms with Gasteiger partial charge in [-0.2, -0.15) is 17.5 Å². The molecule has 6 nitrogen and oxygen atoms in total. The second-order valence-electron chi connectivity index (χ2n) is 6.57. The lowest BCUT2D eigenvalue weighted by atomic mass is 9.97. The molecule has 0 N–H and O–H groups in total. The zero-order valence-corrected chi connectivity index (χ0v) is 15.8. The lowest BCUT2D eigenvalue weighted by Crippen LogP contribution is -2.45. The molecular weight excluding hydrogens is 385 g/mol. The Kier molecular flexibility index (Phi) is 6.31. The second kappa shape index (κ2) is 7.97. The van der Waals surface area contributed by atoms with Crippen molar-refractivity contribution < 1.29 is 31.2 Å². The van der Waals surface area contributed by atoms with Gasteiger partial charge in [0.05, 0.1) is 4.90 Å². The average molecular weight is 406 g/mol. The predicted molar refractivity (Wildman–Crippen MR) is 91.6 cm³/mol. The molecule has 0 spiro atoms. The van der Waals surface area contributed by atoms with Gasteiger partial charge in [-0.25, -0.2) is 8.42 Å². The summed E-state index contributed by atoms with van der Waals surface area (Å²) in [6, 6.07) is 5.68. The molecule has 1 fully saturated rings. The maximum atomic E-state index is 12.7. The molecule has 0 bridgehead atoms. The summed E-state index contributed by atoms with van der Waals surface area (Å²) in [7, 11) is -2.75. The molecule has 0 saturated carbocycles. The van der Waals surface area contributed by atoms with Crippen molar-refractivity contribution in [2.75, 3.05) is 26.7 Å². The van der Waals surface area contributed by atoms with Crippen LogP contribution in [-0.2, 0) is 14.8 Å². The number of carbonyl (C=O) groups is 2. The van der Waals surface area contributed by atoms with Gasteiger partial charge in [0.25, 0.3) is 0 Å². The van der Waals surface area contributed by atoms with E-state index < -0.39 is 34.6 Å². The number of hydrogen-bond acceptors (Lipinski definition) is 4. The molecule has 0 atom stereocenters. The first-order chi connectivity index (χ1) is 12.4. The number of nitrogens with zero attached hydrogens (tertiary/aromatic N) is 2. The molecule has 2 rings (SSSR count). The van der Waals surface area contributed by atoms with Crippen molar-refractivity contribution in [2.24, 2.45) is 5.92 Å². The van der Waals surface area contributed by atoms with Gasteiger partial charge in [-0.3, -0.25) is 9.59 Å². The summed E-state index contributed by atoms with van der Waals surface area (Å²) in [5.41, 5.74) is 0.273. The van der Waals surface area contributed by atoms with Crippen molar-refractivity contribution in [2.45, 2.75) is 30.8 Å². The smallest absolute Gasteiger partial charge is 0.336 e. The van der Waals surface area contributed by atoms with Crippen molar-refractivity contribution in [1.29, 1.82) is 0 Å².